The van der Waals surface area contributed by atoms with E-state index >= 15 is 0 Å². The number of halogens is 1. The Kier molecular flexibility index (Phi) is 6.32. The lowest BCUT2D eigenvalue weighted by Crippen LogP contribution is -2.12. The van der Waals surface area contributed by atoms with Crippen LogP contribution in [0.15, 0.2) is 77.7 Å². The molecule has 5 heteroatoms. The van der Waals surface area contributed by atoms with Crippen molar-refractivity contribution in [3.05, 3.63) is 94.5 Å². The van der Waals surface area contributed by atoms with Gasteiger partial charge >= 0.3 is 0 Å². The van der Waals surface area contributed by atoms with E-state index in [1.165, 1.54) is 11.8 Å². The molecule has 0 saturated carbocycles. The Morgan fingerprint density at radius 3 is 2.44 bits per heavy atom. The number of aryl methyl sites for hydroxylation is 1. The van der Waals surface area contributed by atoms with Crippen molar-refractivity contribution in [2.45, 2.75) is 11.8 Å². The highest BCUT2D eigenvalue weighted by molar-refractivity contribution is 8.00. The summed E-state index contributed by atoms with van der Waals surface area (Å²) >= 11 is 7.42. The first kappa shape index (κ1) is 19.2. The van der Waals surface area contributed by atoms with Gasteiger partial charge < -0.3 is 5.32 Å². The minimum absolute atomic E-state index is 0.0602. The van der Waals surface area contributed by atoms with Gasteiger partial charge in [0.25, 0.3) is 5.91 Å². The summed E-state index contributed by atoms with van der Waals surface area (Å²) in [5.74, 6) is 0.171. The number of carbonyl (C=O) groups excluding carboxylic acids is 2. The number of benzene rings is 3. The van der Waals surface area contributed by atoms with E-state index < -0.39 is 0 Å². The third-order valence-corrected chi connectivity index (χ3v) is 5.24. The molecule has 1 N–H and O–H groups in total. The van der Waals surface area contributed by atoms with Crippen molar-refractivity contribution in [3.8, 4) is 0 Å². The Balaban J connectivity index is 1.67. The van der Waals surface area contributed by atoms with Crippen molar-refractivity contribution >= 4 is 40.7 Å². The lowest BCUT2D eigenvalue weighted by molar-refractivity contribution is 0.101. The highest BCUT2D eigenvalue weighted by Crippen LogP contribution is 2.23. The van der Waals surface area contributed by atoms with Crippen LogP contribution in [-0.4, -0.2) is 17.4 Å². The van der Waals surface area contributed by atoms with Gasteiger partial charge in [-0.2, -0.15) is 0 Å². The zero-order valence-electron chi connectivity index (χ0n) is 14.7. The molecule has 0 aliphatic rings. The van der Waals surface area contributed by atoms with E-state index in [4.69, 9.17) is 11.6 Å². The van der Waals surface area contributed by atoms with Crippen molar-refractivity contribution < 1.29 is 9.59 Å². The molecule has 0 unspecified atom stereocenters. The van der Waals surface area contributed by atoms with Gasteiger partial charge in [-0.25, -0.2) is 0 Å². The highest BCUT2D eigenvalue weighted by atomic mass is 35.5. The number of rotatable bonds is 6. The monoisotopic (exact) mass is 395 g/mol. The number of carbonyl (C=O) groups is 2. The number of nitrogens with one attached hydrogen (secondary N) is 1. The van der Waals surface area contributed by atoms with Gasteiger partial charge in [-0.1, -0.05) is 54.1 Å². The van der Waals surface area contributed by atoms with Gasteiger partial charge in [-0.05, 0) is 42.8 Å². The van der Waals surface area contributed by atoms with E-state index in [1.54, 1.807) is 36.4 Å². The number of hydrogen-bond acceptors (Lipinski definition) is 3. The first-order valence-electron chi connectivity index (χ1n) is 8.41. The molecule has 3 nitrogen and oxygen atoms in total. The van der Waals surface area contributed by atoms with Crippen molar-refractivity contribution in [3.63, 3.8) is 0 Å². The molecule has 3 aromatic rings. The van der Waals surface area contributed by atoms with Crippen LogP contribution in [0.3, 0.4) is 0 Å². The molecule has 0 heterocycles. The third-order valence-electron chi connectivity index (χ3n) is 4.01. The van der Waals surface area contributed by atoms with E-state index in [9.17, 15) is 9.59 Å². The fourth-order valence-corrected chi connectivity index (χ4v) is 3.53. The van der Waals surface area contributed by atoms with Crippen molar-refractivity contribution in [2.24, 2.45) is 0 Å². The summed E-state index contributed by atoms with van der Waals surface area (Å²) in [5.41, 5.74) is 2.85. The molecule has 0 fully saturated rings. The number of Topliss-reactive ketones (excluding diaryl/α,β-unsaturated/α-hetero) is 1. The molecule has 0 bridgehead atoms. The molecular weight excluding hydrogens is 378 g/mol. The molecule has 1 amide bonds. The van der Waals surface area contributed by atoms with E-state index in [0.29, 0.717) is 27.6 Å². The average molecular weight is 396 g/mol. The molecule has 0 aliphatic carbocycles. The third kappa shape index (κ3) is 5.22. The summed E-state index contributed by atoms with van der Waals surface area (Å²) in [7, 11) is 0. The van der Waals surface area contributed by atoms with Crippen LogP contribution in [-0.2, 0) is 0 Å². The summed E-state index contributed by atoms with van der Waals surface area (Å²) in [6, 6.07) is 21.8. The molecule has 0 atom stereocenters. The lowest BCUT2D eigenvalue weighted by Gasteiger charge is -2.10. The number of ketones is 1. The maximum absolute atomic E-state index is 12.6. The lowest BCUT2D eigenvalue weighted by atomic mass is 10.1. The second-order valence-corrected chi connectivity index (χ2v) is 7.50. The summed E-state index contributed by atoms with van der Waals surface area (Å²) in [6.45, 7) is 1.91. The molecule has 3 rings (SSSR count). The van der Waals surface area contributed by atoms with Gasteiger partial charge in [0.15, 0.2) is 5.78 Å². The molecule has 27 heavy (non-hydrogen) atoms. The maximum atomic E-state index is 12.6. The number of anilines is 1. The van der Waals surface area contributed by atoms with Gasteiger partial charge in [-0.3, -0.25) is 9.59 Å². The maximum Gasteiger partial charge on any atom is 0.255 e. The van der Waals surface area contributed by atoms with Gasteiger partial charge in [-0.15, -0.1) is 11.8 Å². The zero-order valence-corrected chi connectivity index (χ0v) is 16.3. The quantitative estimate of drug-likeness (QED) is 0.419. The standard InChI is InChI=1S/C22H18ClNO2S/c1-15-10-11-18(23)13-20(15)24-22(26)17-8-5-9-19(12-17)27-14-21(25)16-6-3-2-4-7-16/h2-13H,14H2,1H3,(H,24,26). The largest absolute Gasteiger partial charge is 0.322 e. The Bertz CT molecular complexity index is 973. The van der Waals surface area contributed by atoms with E-state index in [0.717, 1.165) is 10.5 Å². The van der Waals surface area contributed by atoms with Crippen LogP contribution in [0.5, 0.6) is 0 Å². The minimum atomic E-state index is -0.211. The van der Waals surface area contributed by atoms with Gasteiger partial charge in [0.05, 0.1) is 5.75 Å². The fourth-order valence-electron chi connectivity index (χ4n) is 2.51. The fraction of sp³-hybridized carbons (Fsp3) is 0.0909. The van der Waals surface area contributed by atoms with Gasteiger partial charge in [0, 0.05) is 26.7 Å². The second kappa shape index (κ2) is 8.89. The van der Waals surface area contributed by atoms with E-state index in [2.05, 4.69) is 5.32 Å². The van der Waals surface area contributed by atoms with Crippen LogP contribution in [0.4, 0.5) is 5.69 Å². The molecular formula is C22H18ClNO2S. The van der Waals surface area contributed by atoms with Crippen LogP contribution >= 0.6 is 23.4 Å². The van der Waals surface area contributed by atoms with Crippen LogP contribution in [0, 0.1) is 6.92 Å². The average Bonchev–Trinajstić information content (AvgIpc) is 2.69. The van der Waals surface area contributed by atoms with Gasteiger partial charge in [0.1, 0.15) is 0 Å². The highest BCUT2D eigenvalue weighted by Gasteiger charge is 2.11. The minimum Gasteiger partial charge on any atom is -0.322 e. The molecule has 0 aromatic heterocycles. The summed E-state index contributed by atoms with van der Waals surface area (Å²) in [5, 5.41) is 3.45. The Morgan fingerprint density at radius 1 is 0.926 bits per heavy atom. The second-order valence-electron chi connectivity index (χ2n) is 6.02. The predicted octanol–water partition coefficient (Wildman–Crippen LogP) is 5.88. The molecule has 0 spiro atoms. The number of thioether (sulfide) groups is 1. The van der Waals surface area contributed by atoms with Crippen molar-refractivity contribution in [1.82, 2.24) is 0 Å². The summed E-state index contributed by atoms with van der Waals surface area (Å²) < 4.78 is 0. The smallest absolute Gasteiger partial charge is 0.255 e. The Morgan fingerprint density at radius 2 is 1.67 bits per heavy atom. The first-order valence-corrected chi connectivity index (χ1v) is 9.78. The van der Waals surface area contributed by atoms with Crippen LogP contribution in [0.2, 0.25) is 5.02 Å². The molecule has 3 aromatic carbocycles. The van der Waals surface area contributed by atoms with Gasteiger partial charge in [0.2, 0.25) is 0 Å². The summed E-state index contributed by atoms with van der Waals surface area (Å²) in [4.78, 5) is 25.7. The van der Waals surface area contributed by atoms with Crippen LogP contribution < -0.4 is 5.32 Å². The number of amides is 1. The molecule has 0 radical (unpaired) electrons. The summed E-state index contributed by atoms with van der Waals surface area (Å²) in [6.07, 6.45) is 0. The van der Waals surface area contributed by atoms with Crippen molar-refractivity contribution in [2.75, 3.05) is 11.1 Å². The Hall–Kier alpha value is -2.56. The molecule has 0 aliphatic heterocycles. The molecule has 136 valence electrons. The zero-order chi connectivity index (χ0) is 19.2. The van der Waals surface area contributed by atoms with Crippen LogP contribution in [0.25, 0.3) is 0 Å². The normalized spacial score (nSPS) is 10.4. The SMILES string of the molecule is Cc1ccc(Cl)cc1NC(=O)c1cccc(SCC(=O)c2ccccc2)c1. The first-order chi connectivity index (χ1) is 13.0. The van der Waals surface area contributed by atoms with Crippen LogP contribution in [0.1, 0.15) is 26.3 Å². The van der Waals surface area contributed by atoms with E-state index in [-0.39, 0.29) is 11.7 Å². The molecule has 0 saturated heterocycles. The Labute approximate surface area is 167 Å². The van der Waals surface area contributed by atoms with E-state index in [1.807, 2.05) is 43.3 Å². The van der Waals surface area contributed by atoms with Crippen molar-refractivity contribution in [1.29, 1.82) is 0 Å². The topological polar surface area (TPSA) is 46.2 Å². The predicted molar refractivity (Wildman–Crippen MR) is 112 cm³/mol. The number of hydrogen-bond donors (Lipinski definition) is 1.